The predicted octanol–water partition coefficient (Wildman–Crippen LogP) is 8.37. The maximum atomic E-state index is 12.3. The van der Waals surface area contributed by atoms with Gasteiger partial charge >= 0.3 is 0 Å². The summed E-state index contributed by atoms with van der Waals surface area (Å²) in [5, 5.41) is 19.7. The molecule has 3 aliphatic heterocycles. The van der Waals surface area contributed by atoms with E-state index in [-0.39, 0.29) is 16.9 Å². The number of fused-ring (bicyclic) bond motifs is 3. The first-order chi connectivity index (χ1) is 28.0. The number of carbonyl (C=O) groups is 1. The van der Waals surface area contributed by atoms with Crippen LogP contribution in [0.4, 0.5) is 17.5 Å². The van der Waals surface area contributed by atoms with Crippen LogP contribution in [0, 0.1) is 11.3 Å². The molecule has 9 rings (SSSR count). The summed E-state index contributed by atoms with van der Waals surface area (Å²) in [7, 11) is 0. The van der Waals surface area contributed by atoms with Gasteiger partial charge in [0.15, 0.2) is 5.78 Å². The van der Waals surface area contributed by atoms with Crippen molar-refractivity contribution in [3.05, 3.63) is 33.6 Å². The lowest BCUT2D eigenvalue weighted by molar-refractivity contribution is 0.0968. The summed E-state index contributed by atoms with van der Waals surface area (Å²) in [4.78, 5) is 38.1. The second-order valence-electron chi connectivity index (χ2n) is 15.9. The minimum absolute atomic E-state index is 0.0216. The third kappa shape index (κ3) is 10.9. The van der Waals surface area contributed by atoms with Gasteiger partial charge in [0, 0.05) is 24.5 Å². The molecule has 0 spiro atoms. The van der Waals surface area contributed by atoms with Crippen LogP contribution < -0.4 is 30.2 Å². The van der Waals surface area contributed by atoms with Gasteiger partial charge in [-0.1, -0.05) is 51.9 Å². The average molecular weight is 801 g/mol. The average Bonchev–Trinajstić information content (AvgIpc) is 4.06. The van der Waals surface area contributed by atoms with Crippen molar-refractivity contribution in [1.29, 1.82) is 5.26 Å². The Morgan fingerprint density at radius 3 is 1.54 bits per heavy atom. The largest absolute Gasteiger partial charge is 0.477 e. The van der Waals surface area contributed by atoms with Crippen molar-refractivity contribution in [3.63, 3.8) is 0 Å². The summed E-state index contributed by atoms with van der Waals surface area (Å²) in [6, 6.07) is 3.49. The number of aromatic nitrogens is 6. The summed E-state index contributed by atoms with van der Waals surface area (Å²) < 4.78 is 16.7. The van der Waals surface area contributed by atoms with Gasteiger partial charge in [-0.25, -0.2) is 15.0 Å². The van der Waals surface area contributed by atoms with Crippen molar-refractivity contribution in [2.24, 2.45) is 0 Å². The molecule has 0 radical (unpaired) electrons. The molecular weight excluding hydrogens is 744 g/mol. The van der Waals surface area contributed by atoms with Crippen molar-refractivity contribution in [2.75, 3.05) is 35.8 Å². The Kier molecular flexibility index (Phi) is 14.5. The van der Waals surface area contributed by atoms with Crippen LogP contribution in [0.5, 0.6) is 17.6 Å². The summed E-state index contributed by atoms with van der Waals surface area (Å²) in [5.41, 5.74) is 3.17. The molecule has 306 valence electrons. The van der Waals surface area contributed by atoms with Crippen LogP contribution in [0.2, 0.25) is 5.28 Å². The molecule has 57 heavy (non-hydrogen) atoms. The number of anilines is 3. The van der Waals surface area contributed by atoms with Gasteiger partial charge in [0.05, 0.1) is 36.5 Å². The molecule has 3 saturated carbocycles. The van der Waals surface area contributed by atoms with E-state index in [1.807, 2.05) is 6.07 Å². The maximum absolute atomic E-state index is 12.3. The van der Waals surface area contributed by atoms with E-state index >= 15 is 0 Å². The van der Waals surface area contributed by atoms with Crippen LogP contribution in [-0.4, -0.2) is 73.6 Å². The molecule has 6 aliphatic rings. The molecule has 14 nitrogen and oxygen atoms in total. The number of ether oxygens (including phenoxy) is 3. The Hall–Kier alpha value is -4.51. The highest BCUT2D eigenvalue weighted by Crippen LogP contribution is 2.34. The number of nitrogens with zero attached hydrogens (tertiary/aromatic N) is 7. The summed E-state index contributed by atoms with van der Waals surface area (Å²) in [6.45, 7) is 4.16. The fourth-order valence-corrected chi connectivity index (χ4v) is 8.59. The highest BCUT2D eigenvalue weighted by atomic mass is 35.5. The lowest BCUT2D eigenvalue weighted by Crippen LogP contribution is -2.22. The first-order valence-electron chi connectivity index (χ1n) is 21.5. The molecule has 0 aromatic carbocycles. The van der Waals surface area contributed by atoms with Crippen molar-refractivity contribution in [2.45, 2.75) is 160 Å². The van der Waals surface area contributed by atoms with Crippen molar-refractivity contribution >= 4 is 34.8 Å². The van der Waals surface area contributed by atoms with Gasteiger partial charge in [-0.3, -0.25) is 4.79 Å². The van der Waals surface area contributed by atoms with Gasteiger partial charge in [-0.05, 0) is 95.1 Å². The monoisotopic (exact) mass is 800 g/mol. The highest BCUT2D eigenvalue weighted by molar-refractivity contribution is 6.28. The number of unbranched alkanes of at least 4 members (excludes halogenated alkanes) is 1. The third-order valence-corrected chi connectivity index (χ3v) is 11.7. The summed E-state index contributed by atoms with van der Waals surface area (Å²) in [5.74, 6) is 4.91. The molecular formula is C42H57ClN10O4. The number of Topliss-reactive ketones (excluding diaryl/α,β-unsaturated/α-hetero) is 1. The number of hydrogen-bond acceptors (Lipinski definition) is 14. The van der Waals surface area contributed by atoms with Crippen LogP contribution in [-0.2, 0) is 19.3 Å². The summed E-state index contributed by atoms with van der Waals surface area (Å²) >= 11 is 5.93. The predicted molar refractivity (Wildman–Crippen MR) is 219 cm³/mol. The number of hydrogen-bond donors (Lipinski definition) is 3. The zero-order valence-corrected chi connectivity index (χ0v) is 34.1. The number of nitrogens with one attached hydrogen (secondary N) is 3. The van der Waals surface area contributed by atoms with Crippen LogP contribution in [0.1, 0.15) is 156 Å². The quantitative estimate of drug-likeness (QED) is 0.131. The van der Waals surface area contributed by atoms with E-state index in [9.17, 15) is 4.79 Å². The van der Waals surface area contributed by atoms with Gasteiger partial charge in [-0.2, -0.15) is 20.2 Å². The lowest BCUT2D eigenvalue weighted by atomic mass is 10.1. The van der Waals surface area contributed by atoms with Crippen LogP contribution >= 0.6 is 11.6 Å². The number of rotatable bonds is 10. The zero-order valence-electron chi connectivity index (χ0n) is 33.3. The van der Waals surface area contributed by atoms with Crippen molar-refractivity contribution < 1.29 is 19.0 Å². The van der Waals surface area contributed by atoms with E-state index in [0.29, 0.717) is 61.2 Å². The molecule has 15 heteroatoms. The first kappa shape index (κ1) is 40.7. The van der Waals surface area contributed by atoms with Gasteiger partial charge in [-0.15, -0.1) is 0 Å². The molecule has 3 aromatic rings. The van der Waals surface area contributed by atoms with E-state index in [1.54, 1.807) is 0 Å². The lowest BCUT2D eigenvalue weighted by Gasteiger charge is -2.22. The maximum Gasteiger partial charge on any atom is 0.237 e. The van der Waals surface area contributed by atoms with Gasteiger partial charge in [0.2, 0.25) is 34.6 Å². The Bertz CT molecular complexity index is 1870. The van der Waals surface area contributed by atoms with E-state index in [0.717, 1.165) is 92.1 Å². The molecule has 3 fully saturated rings. The van der Waals surface area contributed by atoms with Gasteiger partial charge < -0.3 is 30.2 Å². The van der Waals surface area contributed by atoms with E-state index in [4.69, 9.17) is 31.1 Å². The molecule has 0 saturated heterocycles. The SMILES string of the molecule is CCCCC(=O)c1nc(NC2CCCC2)c2c(n1)OCCC2.Clc1nc(NC2CCCC2)c2c(n1)OCCC2.N#Cc1nc(NC2CCCC2)c2c(n1)OCCC2. The van der Waals surface area contributed by atoms with Crippen molar-refractivity contribution in [3.8, 4) is 23.7 Å². The molecule has 3 aliphatic carbocycles. The van der Waals surface area contributed by atoms with Crippen molar-refractivity contribution in [1.82, 2.24) is 29.9 Å². The Morgan fingerprint density at radius 1 is 0.632 bits per heavy atom. The second kappa shape index (κ2) is 20.3. The molecule has 0 unspecified atom stereocenters. The second-order valence-corrected chi connectivity index (χ2v) is 16.2. The van der Waals surface area contributed by atoms with Crippen LogP contribution in [0.15, 0.2) is 0 Å². The van der Waals surface area contributed by atoms with Crippen LogP contribution in [0.25, 0.3) is 0 Å². The first-order valence-corrected chi connectivity index (χ1v) is 21.8. The van der Waals surface area contributed by atoms with Crippen LogP contribution in [0.3, 0.4) is 0 Å². The highest BCUT2D eigenvalue weighted by Gasteiger charge is 2.26. The minimum atomic E-state index is 0.0216. The normalized spacial score (nSPS) is 18.8. The van der Waals surface area contributed by atoms with Gasteiger partial charge in [0.25, 0.3) is 0 Å². The Morgan fingerprint density at radius 2 is 1.07 bits per heavy atom. The van der Waals surface area contributed by atoms with E-state index < -0.39 is 0 Å². The number of ketones is 1. The molecule has 0 atom stereocenters. The molecule has 3 aromatic heterocycles. The molecule has 3 N–H and O–H groups in total. The zero-order chi connectivity index (χ0) is 39.4. The number of halogens is 1. The van der Waals surface area contributed by atoms with E-state index in [1.165, 1.54) is 77.0 Å². The Labute approximate surface area is 341 Å². The third-order valence-electron chi connectivity index (χ3n) is 11.5. The molecule has 0 bridgehead atoms. The molecule has 6 heterocycles. The standard InChI is InChI=1S/C17H25N3O2.C13H16N4O.C12H16ClN3O/c1-2-3-10-14(21)16-19-15(18-12-7-4-5-8-12)13-9-6-11-22-17(13)20-16;14-8-11-16-12(15-9-4-1-2-5-9)10-6-3-7-18-13(10)17-11;13-12-15-10(14-8-4-1-2-5-8)9-6-3-7-17-11(9)16-12/h12H,2-11H2,1H3,(H,18,19,20);9H,1-7H2,(H,15,16,17);8H,1-7H2,(H,14,15,16). The van der Waals surface area contributed by atoms with Gasteiger partial charge in [0.1, 0.15) is 23.5 Å². The number of nitriles is 1. The Balaban J connectivity index is 0.000000132. The fraction of sp³-hybridized carbons (Fsp3) is 0.667. The topological polar surface area (TPSA) is 182 Å². The minimum Gasteiger partial charge on any atom is -0.477 e. The molecule has 0 amide bonds. The smallest absolute Gasteiger partial charge is 0.237 e. The fourth-order valence-electron chi connectivity index (χ4n) is 8.42. The van der Waals surface area contributed by atoms with E-state index in [2.05, 4.69) is 52.8 Å². The number of carbonyl (C=O) groups excluding carboxylic acids is 1. The summed E-state index contributed by atoms with van der Waals surface area (Å²) in [6.07, 6.45) is 23.1.